The third-order valence-corrected chi connectivity index (χ3v) is 6.16. The molecule has 0 aliphatic carbocycles. The van der Waals surface area contributed by atoms with Gasteiger partial charge in [-0.1, -0.05) is 42.0 Å². The van der Waals surface area contributed by atoms with Crippen molar-refractivity contribution in [3.8, 4) is 22.8 Å². The quantitative estimate of drug-likeness (QED) is 0.393. The summed E-state index contributed by atoms with van der Waals surface area (Å²) < 4.78 is 18.9. The van der Waals surface area contributed by atoms with E-state index in [2.05, 4.69) is 17.1 Å². The summed E-state index contributed by atoms with van der Waals surface area (Å²) >= 11 is 1.55. The van der Waals surface area contributed by atoms with Crippen molar-refractivity contribution >= 4 is 23.4 Å². The maximum Gasteiger partial charge on any atom is 0.259 e. The van der Waals surface area contributed by atoms with Gasteiger partial charge < -0.3 is 9.42 Å². The molecular formula is C24H18FN3O2S. The zero-order valence-corrected chi connectivity index (χ0v) is 17.5. The van der Waals surface area contributed by atoms with E-state index in [-0.39, 0.29) is 17.6 Å². The van der Waals surface area contributed by atoms with Gasteiger partial charge in [-0.05, 0) is 55.0 Å². The van der Waals surface area contributed by atoms with Gasteiger partial charge >= 0.3 is 0 Å². The topological polar surface area (TPSA) is 59.2 Å². The van der Waals surface area contributed by atoms with Crippen LogP contribution in [0.5, 0.6) is 0 Å². The van der Waals surface area contributed by atoms with E-state index in [1.807, 2.05) is 47.4 Å². The maximum atomic E-state index is 13.5. The number of benzene rings is 3. The van der Waals surface area contributed by atoms with E-state index in [1.54, 1.807) is 23.9 Å². The summed E-state index contributed by atoms with van der Waals surface area (Å²) in [5, 5.41) is 4.08. The van der Waals surface area contributed by atoms with Gasteiger partial charge in [-0.25, -0.2) is 4.39 Å². The second-order valence-corrected chi connectivity index (χ2v) is 8.25. The first-order chi connectivity index (χ1) is 15.1. The van der Waals surface area contributed by atoms with E-state index < -0.39 is 0 Å². The molecule has 31 heavy (non-hydrogen) atoms. The second kappa shape index (κ2) is 8.00. The lowest BCUT2D eigenvalue weighted by Gasteiger charge is -2.22. The SMILES string of the molecule is CCCN1C(=O)c2ccccc2Sc2cc(-c3noc(-c4cccc(F)c4)n3)ccc21. The van der Waals surface area contributed by atoms with Crippen molar-refractivity contribution in [2.45, 2.75) is 23.1 Å². The van der Waals surface area contributed by atoms with Gasteiger partial charge in [0.05, 0.1) is 11.3 Å². The zero-order valence-electron chi connectivity index (χ0n) is 16.7. The van der Waals surface area contributed by atoms with E-state index in [4.69, 9.17) is 4.52 Å². The monoisotopic (exact) mass is 431 g/mol. The van der Waals surface area contributed by atoms with Gasteiger partial charge in [0.2, 0.25) is 5.82 Å². The van der Waals surface area contributed by atoms with Crippen LogP contribution < -0.4 is 4.90 Å². The molecule has 4 aromatic rings. The molecule has 0 unspecified atom stereocenters. The third-order valence-electron chi connectivity index (χ3n) is 5.04. The molecule has 2 heterocycles. The molecule has 7 heteroatoms. The number of aromatic nitrogens is 2. The lowest BCUT2D eigenvalue weighted by Crippen LogP contribution is -2.31. The summed E-state index contributed by atoms with van der Waals surface area (Å²) in [6.07, 6.45) is 0.849. The molecule has 0 spiro atoms. The van der Waals surface area contributed by atoms with E-state index in [9.17, 15) is 9.18 Å². The summed E-state index contributed by atoms with van der Waals surface area (Å²) in [5.74, 6) is 0.307. The van der Waals surface area contributed by atoms with E-state index in [0.29, 0.717) is 23.5 Å². The fourth-order valence-electron chi connectivity index (χ4n) is 3.59. The van der Waals surface area contributed by atoms with E-state index >= 15 is 0 Å². The maximum absolute atomic E-state index is 13.5. The van der Waals surface area contributed by atoms with Crippen molar-refractivity contribution in [3.63, 3.8) is 0 Å². The molecule has 0 N–H and O–H groups in total. The predicted octanol–water partition coefficient (Wildman–Crippen LogP) is 6.06. The average molecular weight is 431 g/mol. The molecule has 1 aliphatic rings. The van der Waals surface area contributed by atoms with E-state index in [0.717, 1.165) is 27.5 Å². The summed E-state index contributed by atoms with van der Waals surface area (Å²) in [7, 11) is 0. The minimum atomic E-state index is -0.363. The van der Waals surface area contributed by atoms with Crippen LogP contribution in [-0.2, 0) is 0 Å². The minimum Gasteiger partial charge on any atom is -0.334 e. The summed E-state index contributed by atoms with van der Waals surface area (Å²) in [4.78, 5) is 21.3. The Morgan fingerprint density at radius 3 is 2.71 bits per heavy atom. The van der Waals surface area contributed by atoms with Crippen molar-refractivity contribution in [2.75, 3.05) is 11.4 Å². The highest BCUT2D eigenvalue weighted by molar-refractivity contribution is 7.99. The predicted molar refractivity (Wildman–Crippen MR) is 118 cm³/mol. The first-order valence-corrected chi connectivity index (χ1v) is 10.8. The van der Waals surface area contributed by atoms with Crippen molar-refractivity contribution < 1.29 is 13.7 Å². The van der Waals surface area contributed by atoms with Crippen LogP contribution in [0.4, 0.5) is 10.1 Å². The van der Waals surface area contributed by atoms with Crippen molar-refractivity contribution in [1.29, 1.82) is 0 Å². The molecule has 1 aromatic heterocycles. The fourth-order valence-corrected chi connectivity index (χ4v) is 4.71. The van der Waals surface area contributed by atoms with Crippen LogP contribution in [0, 0.1) is 5.82 Å². The molecule has 0 fully saturated rings. The normalized spacial score (nSPS) is 13.0. The Balaban J connectivity index is 1.56. The van der Waals surface area contributed by atoms with Crippen LogP contribution in [0.25, 0.3) is 22.8 Å². The van der Waals surface area contributed by atoms with Crippen LogP contribution in [0.2, 0.25) is 0 Å². The van der Waals surface area contributed by atoms with Crippen LogP contribution >= 0.6 is 11.8 Å². The van der Waals surface area contributed by atoms with Gasteiger partial charge in [0, 0.05) is 27.5 Å². The number of carbonyl (C=O) groups is 1. The molecule has 0 atom stereocenters. The molecule has 5 rings (SSSR count). The number of rotatable bonds is 4. The highest BCUT2D eigenvalue weighted by atomic mass is 32.2. The Labute approximate surface area is 182 Å². The van der Waals surface area contributed by atoms with E-state index in [1.165, 1.54) is 12.1 Å². The van der Waals surface area contributed by atoms with Gasteiger partial charge in [0.25, 0.3) is 11.8 Å². The van der Waals surface area contributed by atoms with Gasteiger partial charge in [0.1, 0.15) is 5.82 Å². The molecule has 154 valence electrons. The summed E-state index contributed by atoms with van der Waals surface area (Å²) in [6, 6.07) is 19.5. The lowest BCUT2D eigenvalue weighted by atomic mass is 10.1. The number of hydrogen-bond acceptors (Lipinski definition) is 5. The molecule has 3 aromatic carbocycles. The molecule has 0 bridgehead atoms. The molecule has 5 nitrogen and oxygen atoms in total. The number of hydrogen-bond donors (Lipinski definition) is 0. The Kier molecular flexibility index (Phi) is 5.03. The second-order valence-electron chi connectivity index (χ2n) is 7.17. The number of halogens is 1. The first kappa shape index (κ1) is 19.5. The highest BCUT2D eigenvalue weighted by Gasteiger charge is 2.27. The van der Waals surface area contributed by atoms with Gasteiger partial charge in [-0.2, -0.15) is 4.98 Å². The standard InChI is InChI=1S/C24H18FN3O2S/c1-2-12-28-19-11-10-15(14-21(19)31-20-9-4-3-8-18(20)24(28)29)22-26-23(30-27-22)16-6-5-7-17(25)13-16/h3-11,13-14H,2,12H2,1H3. The number of fused-ring (bicyclic) bond motifs is 2. The summed E-state index contributed by atoms with van der Waals surface area (Å²) in [6.45, 7) is 2.69. The van der Waals surface area contributed by atoms with Crippen molar-refractivity contribution in [2.24, 2.45) is 0 Å². The van der Waals surface area contributed by atoms with Gasteiger partial charge in [-0.15, -0.1) is 0 Å². The number of amides is 1. The van der Waals surface area contributed by atoms with Crippen molar-refractivity contribution in [1.82, 2.24) is 10.1 Å². The first-order valence-electron chi connectivity index (χ1n) is 9.97. The Bertz CT molecular complexity index is 1290. The smallest absolute Gasteiger partial charge is 0.259 e. The minimum absolute atomic E-state index is 0.00408. The molecule has 0 saturated carbocycles. The zero-order chi connectivity index (χ0) is 21.4. The molecule has 0 saturated heterocycles. The lowest BCUT2D eigenvalue weighted by molar-refractivity contribution is 0.0984. The van der Waals surface area contributed by atoms with Crippen LogP contribution in [0.1, 0.15) is 23.7 Å². The average Bonchev–Trinajstić information content (AvgIpc) is 3.24. The molecule has 1 aliphatic heterocycles. The van der Waals surface area contributed by atoms with Gasteiger partial charge in [0.15, 0.2) is 0 Å². The number of nitrogens with zero attached hydrogens (tertiary/aromatic N) is 3. The largest absolute Gasteiger partial charge is 0.334 e. The summed E-state index contributed by atoms with van der Waals surface area (Å²) in [5.41, 5.74) is 2.86. The van der Waals surface area contributed by atoms with Crippen molar-refractivity contribution in [3.05, 3.63) is 78.1 Å². The van der Waals surface area contributed by atoms with Crippen LogP contribution in [0.3, 0.4) is 0 Å². The van der Waals surface area contributed by atoms with Crippen LogP contribution in [0.15, 0.2) is 81.0 Å². The number of anilines is 1. The fraction of sp³-hybridized carbons (Fsp3) is 0.125. The molecular weight excluding hydrogens is 413 g/mol. The van der Waals surface area contributed by atoms with Gasteiger partial charge in [-0.3, -0.25) is 4.79 Å². The molecule has 1 amide bonds. The Morgan fingerprint density at radius 1 is 1.00 bits per heavy atom. The third kappa shape index (κ3) is 3.61. The Hall–Kier alpha value is -3.45. The highest BCUT2D eigenvalue weighted by Crippen LogP contribution is 2.43. The molecule has 0 radical (unpaired) electrons. The Morgan fingerprint density at radius 2 is 1.87 bits per heavy atom. The number of carbonyl (C=O) groups excluding carboxylic acids is 1. The van der Waals surface area contributed by atoms with Crippen LogP contribution in [-0.4, -0.2) is 22.6 Å².